The van der Waals surface area contributed by atoms with E-state index in [1.165, 1.54) is 0 Å². The van der Waals surface area contributed by atoms with Crippen LogP contribution in [0.5, 0.6) is 11.5 Å². The molecule has 118 valence electrons. The smallest absolute Gasteiger partial charge is 0.124 e. The van der Waals surface area contributed by atoms with E-state index in [0.29, 0.717) is 0 Å². The molecule has 5 nitrogen and oxygen atoms in total. The van der Waals surface area contributed by atoms with Crippen molar-refractivity contribution in [2.24, 2.45) is 7.05 Å². The van der Waals surface area contributed by atoms with Gasteiger partial charge in [0.25, 0.3) is 0 Å². The van der Waals surface area contributed by atoms with Gasteiger partial charge in [0, 0.05) is 18.8 Å². The van der Waals surface area contributed by atoms with Crippen LogP contribution >= 0.6 is 24.8 Å². The Kier molecular flexibility index (Phi) is 7.99. The lowest BCUT2D eigenvalue weighted by Gasteiger charge is -2.18. The minimum absolute atomic E-state index is 0. The molecule has 0 saturated carbocycles. The lowest BCUT2D eigenvalue weighted by Crippen LogP contribution is -2.08. The number of aryl methyl sites for hydroxylation is 1. The van der Waals surface area contributed by atoms with Crippen LogP contribution in [-0.4, -0.2) is 24.0 Å². The zero-order valence-electron chi connectivity index (χ0n) is 12.5. The topological polar surface area (TPSA) is 48.3 Å². The fourth-order valence-corrected chi connectivity index (χ4v) is 2.00. The number of nitrogens with zero attached hydrogens (tertiary/aromatic N) is 2. The standard InChI is InChI=1S/C14H19N3O2.2ClH/c1-10(16-11-8-15-17(2)9-11)13-7-12(18-3)5-6-14(13)19-4;;/h5-10,16H,1-4H3;2*1H. The summed E-state index contributed by atoms with van der Waals surface area (Å²) in [4.78, 5) is 0. The number of aromatic nitrogens is 2. The van der Waals surface area contributed by atoms with Gasteiger partial charge in [0.1, 0.15) is 11.5 Å². The fraction of sp³-hybridized carbons (Fsp3) is 0.357. The first-order chi connectivity index (χ1) is 9.13. The minimum atomic E-state index is 0. The van der Waals surface area contributed by atoms with Crippen LogP contribution in [0.2, 0.25) is 0 Å². The number of hydrogen-bond donors (Lipinski definition) is 1. The van der Waals surface area contributed by atoms with Crippen LogP contribution in [0.3, 0.4) is 0 Å². The molecule has 0 aliphatic carbocycles. The quantitative estimate of drug-likeness (QED) is 0.910. The van der Waals surface area contributed by atoms with Crippen LogP contribution in [0.4, 0.5) is 5.69 Å². The first-order valence-electron chi connectivity index (χ1n) is 6.11. The summed E-state index contributed by atoms with van der Waals surface area (Å²) in [5, 5.41) is 7.52. The van der Waals surface area contributed by atoms with E-state index in [1.807, 2.05) is 31.4 Å². The van der Waals surface area contributed by atoms with E-state index in [0.717, 1.165) is 22.7 Å². The van der Waals surface area contributed by atoms with Crippen molar-refractivity contribution in [3.63, 3.8) is 0 Å². The van der Waals surface area contributed by atoms with E-state index in [4.69, 9.17) is 9.47 Å². The van der Waals surface area contributed by atoms with Gasteiger partial charge in [0.05, 0.1) is 32.1 Å². The second-order valence-electron chi connectivity index (χ2n) is 4.38. The van der Waals surface area contributed by atoms with Gasteiger partial charge in [0.15, 0.2) is 0 Å². The number of hydrogen-bond acceptors (Lipinski definition) is 4. The number of methoxy groups -OCH3 is 2. The maximum absolute atomic E-state index is 5.39. The Morgan fingerprint density at radius 1 is 1.19 bits per heavy atom. The van der Waals surface area contributed by atoms with Crippen LogP contribution in [0.15, 0.2) is 30.6 Å². The monoisotopic (exact) mass is 333 g/mol. The molecule has 1 N–H and O–H groups in total. The molecule has 7 heteroatoms. The molecule has 0 amide bonds. The van der Waals surface area contributed by atoms with E-state index < -0.39 is 0 Å². The van der Waals surface area contributed by atoms with E-state index in [2.05, 4.69) is 17.3 Å². The molecular formula is C14H21Cl2N3O2. The van der Waals surface area contributed by atoms with Crippen molar-refractivity contribution in [3.05, 3.63) is 36.2 Å². The lowest BCUT2D eigenvalue weighted by molar-refractivity contribution is 0.397. The first-order valence-corrected chi connectivity index (χ1v) is 6.11. The molecule has 1 aromatic heterocycles. The highest BCUT2D eigenvalue weighted by Crippen LogP contribution is 2.31. The third-order valence-electron chi connectivity index (χ3n) is 2.99. The summed E-state index contributed by atoms with van der Waals surface area (Å²) in [6.07, 6.45) is 3.73. The van der Waals surface area contributed by atoms with Gasteiger partial charge in [-0.3, -0.25) is 4.68 Å². The van der Waals surface area contributed by atoms with E-state index in [1.54, 1.807) is 25.1 Å². The van der Waals surface area contributed by atoms with Crippen molar-refractivity contribution in [2.45, 2.75) is 13.0 Å². The summed E-state index contributed by atoms with van der Waals surface area (Å²) in [7, 11) is 5.22. The van der Waals surface area contributed by atoms with Crippen LogP contribution in [-0.2, 0) is 7.05 Å². The predicted molar refractivity (Wildman–Crippen MR) is 89.3 cm³/mol. The SMILES string of the molecule is COc1ccc(OC)c(C(C)Nc2cnn(C)c2)c1.Cl.Cl. The van der Waals surface area contributed by atoms with Crippen molar-refractivity contribution in [2.75, 3.05) is 19.5 Å². The Bertz CT molecular complexity index is 561. The molecule has 21 heavy (non-hydrogen) atoms. The Morgan fingerprint density at radius 2 is 1.90 bits per heavy atom. The van der Waals surface area contributed by atoms with Gasteiger partial charge >= 0.3 is 0 Å². The van der Waals surface area contributed by atoms with Crippen molar-refractivity contribution in [3.8, 4) is 11.5 Å². The summed E-state index contributed by atoms with van der Waals surface area (Å²) in [5.41, 5.74) is 2.02. The summed E-state index contributed by atoms with van der Waals surface area (Å²) in [5.74, 6) is 1.65. The van der Waals surface area contributed by atoms with Crippen molar-refractivity contribution < 1.29 is 9.47 Å². The molecular weight excluding hydrogens is 313 g/mol. The molecule has 0 bridgehead atoms. The average Bonchev–Trinajstić information content (AvgIpc) is 2.83. The summed E-state index contributed by atoms with van der Waals surface area (Å²) < 4.78 is 12.4. The van der Waals surface area contributed by atoms with Gasteiger partial charge in [-0.15, -0.1) is 24.8 Å². The largest absolute Gasteiger partial charge is 0.497 e. The lowest BCUT2D eigenvalue weighted by atomic mass is 10.1. The molecule has 1 unspecified atom stereocenters. The van der Waals surface area contributed by atoms with Crippen molar-refractivity contribution in [1.29, 1.82) is 0 Å². The zero-order valence-corrected chi connectivity index (χ0v) is 14.1. The van der Waals surface area contributed by atoms with E-state index in [9.17, 15) is 0 Å². The highest BCUT2D eigenvalue weighted by atomic mass is 35.5. The number of ether oxygens (including phenoxy) is 2. The van der Waals surface area contributed by atoms with Crippen LogP contribution in [0, 0.1) is 0 Å². The molecule has 0 saturated heterocycles. The van der Waals surface area contributed by atoms with Gasteiger partial charge in [0.2, 0.25) is 0 Å². The zero-order chi connectivity index (χ0) is 13.8. The molecule has 0 radical (unpaired) electrons. The molecule has 1 aromatic carbocycles. The van der Waals surface area contributed by atoms with Crippen LogP contribution in [0.25, 0.3) is 0 Å². The second-order valence-corrected chi connectivity index (χ2v) is 4.38. The average molecular weight is 334 g/mol. The predicted octanol–water partition coefficient (Wildman–Crippen LogP) is 3.45. The molecule has 1 atom stereocenters. The first kappa shape index (κ1) is 19.4. The minimum Gasteiger partial charge on any atom is -0.497 e. The summed E-state index contributed by atoms with van der Waals surface area (Å²) in [6, 6.07) is 5.87. The van der Waals surface area contributed by atoms with Crippen LogP contribution in [0.1, 0.15) is 18.5 Å². The molecule has 2 rings (SSSR count). The van der Waals surface area contributed by atoms with Crippen molar-refractivity contribution in [1.82, 2.24) is 9.78 Å². The Morgan fingerprint density at radius 3 is 2.43 bits per heavy atom. The number of rotatable bonds is 5. The van der Waals surface area contributed by atoms with E-state index in [-0.39, 0.29) is 30.9 Å². The molecule has 0 aliphatic heterocycles. The third kappa shape index (κ3) is 4.72. The highest BCUT2D eigenvalue weighted by Gasteiger charge is 2.13. The van der Waals surface area contributed by atoms with Gasteiger partial charge in [-0.1, -0.05) is 0 Å². The summed E-state index contributed by atoms with van der Waals surface area (Å²) in [6.45, 7) is 2.07. The molecule has 0 aliphatic rings. The van der Waals surface area contributed by atoms with E-state index >= 15 is 0 Å². The van der Waals surface area contributed by atoms with Gasteiger partial charge in [-0.2, -0.15) is 5.10 Å². The molecule has 2 aromatic rings. The van der Waals surface area contributed by atoms with Gasteiger partial charge in [-0.05, 0) is 25.1 Å². The second kappa shape index (κ2) is 8.64. The third-order valence-corrected chi connectivity index (χ3v) is 2.99. The highest BCUT2D eigenvalue weighted by molar-refractivity contribution is 5.85. The maximum Gasteiger partial charge on any atom is 0.124 e. The molecule has 1 heterocycles. The number of anilines is 1. The summed E-state index contributed by atoms with van der Waals surface area (Å²) >= 11 is 0. The number of benzene rings is 1. The number of halogens is 2. The van der Waals surface area contributed by atoms with Crippen molar-refractivity contribution >= 4 is 30.5 Å². The van der Waals surface area contributed by atoms with Gasteiger partial charge < -0.3 is 14.8 Å². The van der Waals surface area contributed by atoms with Crippen LogP contribution < -0.4 is 14.8 Å². The molecule has 0 spiro atoms. The Labute approximate surface area is 137 Å². The fourth-order valence-electron chi connectivity index (χ4n) is 2.00. The van der Waals surface area contributed by atoms with Gasteiger partial charge in [-0.25, -0.2) is 0 Å². The maximum atomic E-state index is 5.39. The normalized spacial score (nSPS) is 10.9. The molecule has 0 fully saturated rings. The Hall–Kier alpha value is -1.59. The Balaban J connectivity index is 0.00000200. The number of nitrogens with one attached hydrogen (secondary N) is 1.